The van der Waals surface area contributed by atoms with Gasteiger partial charge in [-0.1, -0.05) is 5.16 Å². The van der Waals surface area contributed by atoms with Gasteiger partial charge in [-0.3, -0.25) is 4.90 Å². The summed E-state index contributed by atoms with van der Waals surface area (Å²) in [4.78, 5) is 4.66. The van der Waals surface area contributed by atoms with Gasteiger partial charge in [-0.15, -0.1) is 0 Å². The Hall–Kier alpha value is -1.82. The van der Waals surface area contributed by atoms with E-state index >= 15 is 0 Å². The van der Waals surface area contributed by atoms with Crippen molar-refractivity contribution in [3.8, 4) is 0 Å². The van der Waals surface area contributed by atoms with Crippen molar-refractivity contribution < 1.29 is 9.60 Å². The van der Waals surface area contributed by atoms with E-state index in [1.54, 1.807) is 6.07 Å². The Kier molecular flexibility index (Phi) is 3.96. The molecule has 2 aliphatic rings. The molecule has 1 saturated heterocycles. The number of nitrogens with two attached hydrogens (primary N) is 1. The monoisotopic (exact) mass is 292 g/mol. The molecular weight excluding hydrogens is 271 g/mol. The van der Waals surface area contributed by atoms with Gasteiger partial charge in [-0.05, 0) is 37.0 Å². The number of amidine groups is 1. The average molecular weight is 292 g/mol. The molecule has 1 heterocycles. The van der Waals surface area contributed by atoms with Crippen LogP contribution in [0.25, 0.3) is 0 Å². The van der Waals surface area contributed by atoms with Gasteiger partial charge >= 0.3 is 0 Å². The van der Waals surface area contributed by atoms with Crippen LogP contribution in [0.15, 0.2) is 23.4 Å². The van der Waals surface area contributed by atoms with Crippen molar-refractivity contribution in [2.24, 2.45) is 16.8 Å². The van der Waals surface area contributed by atoms with Crippen molar-refractivity contribution in [2.45, 2.75) is 12.8 Å². The van der Waals surface area contributed by atoms with Gasteiger partial charge in [0.25, 0.3) is 0 Å². The zero-order valence-electron chi connectivity index (χ0n) is 12.0. The molecule has 3 N–H and O–H groups in total. The number of nitrogens with zero attached hydrogens (tertiary/aromatic N) is 3. The fraction of sp³-hybridized carbons (Fsp3) is 0.533. The van der Waals surface area contributed by atoms with Crippen molar-refractivity contribution in [1.29, 1.82) is 0 Å². The summed E-state index contributed by atoms with van der Waals surface area (Å²) in [5.74, 6) is 0.465. The fourth-order valence-corrected chi connectivity index (χ4v) is 2.88. The topological polar surface area (TPSA) is 65.1 Å². The summed E-state index contributed by atoms with van der Waals surface area (Å²) in [5, 5.41) is 11.9. The van der Waals surface area contributed by atoms with Crippen LogP contribution in [-0.4, -0.2) is 48.7 Å². The molecule has 21 heavy (non-hydrogen) atoms. The summed E-state index contributed by atoms with van der Waals surface area (Å²) in [7, 11) is 0. The molecule has 2 fully saturated rings. The SMILES string of the molecule is NC(=NO)c1cc(F)ccc1N1CCN(CC2CC2)CC1. The predicted octanol–water partition coefficient (Wildman–Crippen LogP) is 1.45. The molecule has 0 radical (unpaired) electrons. The second kappa shape index (κ2) is 5.89. The first kappa shape index (κ1) is 14.1. The van der Waals surface area contributed by atoms with Gasteiger partial charge in [0.15, 0.2) is 5.84 Å². The number of rotatable bonds is 4. The Morgan fingerprint density at radius 2 is 2.00 bits per heavy atom. The van der Waals surface area contributed by atoms with Crippen molar-refractivity contribution in [2.75, 3.05) is 37.6 Å². The molecule has 0 atom stereocenters. The van der Waals surface area contributed by atoms with Crippen LogP contribution in [0.3, 0.4) is 0 Å². The standard InChI is InChI=1S/C15H21FN4O/c16-12-3-4-14(13(9-12)15(17)18-21)20-7-5-19(6-8-20)10-11-1-2-11/h3-4,9,11,21H,1-2,5-8,10H2,(H2,17,18). The number of hydrogen-bond acceptors (Lipinski definition) is 4. The fourth-order valence-electron chi connectivity index (χ4n) is 2.88. The minimum absolute atomic E-state index is 0.0510. The molecule has 1 aromatic carbocycles. The van der Waals surface area contributed by atoms with Gasteiger partial charge in [0.05, 0.1) is 0 Å². The largest absolute Gasteiger partial charge is 0.409 e. The normalized spacial score (nSPS) is 20.8. The Labute approximate surface area is 123 Å². The van der Waals surface area contributed by atoms with Crippen LogP contribution in [0.4, 0.5) is 10.1 Å². The van der Waals surface area contributed by atoms with Gasteiger partial charge in [0.1, 0.15) is 5.82 Å². The Morgan fingerprint density at radius 3 is 2.62 bits per heavy atom. The highest BCUT2D eigenvalue weighted by atomic mass is 19.1. The molecule has 3 rings (SSSR count). The third kappa shape index (κ3) is 3.26. The lowest BCUT2D eigenvalue weighted by Crippen LogP contribution is -2.47. The van der Waals surface area contributed by atoms with E-state index in [0.717, 1.165) is 37.8 Å². The molecule has 1 aliphatic carbocycles. The minimum atomic E-state index is -0.382. The summed E-state index contributed by atoms with van der Waals surface area (Å²) in [6.45, 7) is 4.96. The number of benzene rings is 1. The predicted molar refractivity (Wildman–Crippen MR) is 80.3 cm³/mol. The molecule has 0 amide bonds. The van der Waals surface area contributed by atoms with Gasteiger partial charge in [0.2, 0.25) is 0 Å². The Morgan fingerprint density at radius 1 is 1.29 bits per heavy atom. The number of piperazine rings is 1. The highest BCUT2D eigenvalue weighted by molar-refractivity contribution is 6.02. The molecule has 0 bridgehead atoms. The first-order valence-electron chi connectivity index (χ1n) is 7.42. The number of oxime groups is 1. The van der Waals surface area contributed by atoms with Crippen molar-refractivity contribution in [3.63, 3.8) is 0 Å². The quantitative estimate of drug-likeness (QED) is 0.381. The molecule has 1 aliphatic heterocycles. The van der Waals surface area contributed by atoms with Gasteiger partial charge in [-0.2, -0.15) is 0 Å². The second-order valence-electron chi connectivity index (χ2n) is 5.88. The maximum atomic E-state index is 13.4. The second-order valence-corrected chi connectivity index (χ2v) is 5.88. The summed E-state index contributed by atoms with van der Waals surface area (Å²) in [5.41, 5.74) is 6.95. The van der Waals surface area contributed by atoms with Crippen LogP contribution in [0.2, 0.25) is 0 Å². The van der Waals surface area contributed by atoms with Gasteiger partial charge in [0, 0.05) is 44.0 Å². The third-order valence-electron chi connectivity index (χ3n) is 4.27. The highest BCUT2D eigenvalue weighted by Gasteiger charge is 2.27. The van der Waals surface area contributed by atoms with E-state index < -0.39 is 0 Å². The summed E-state index contributed by atoms with van der Waals surface area (Å²) >= 11 is 0. The van der Waals surface area contributed by atoms with E-state index in [9.17, 15) is 4.39 Å². The lowest BCUT2D eigenvalue weighted by Gasteiger charge is -2.37. The van der Waals surface area contributed by atoms with Gasteiger partial charge < -0.3 is 15.8 Å². The molecular formula is C15H21FN4O. The lowest BCUT2D eigenvalue weighted by molar-refractivity contribution is 0.248. The molecule has 0 spiro atoms. The van der Waals surface area contributed by atoms with E-state index in [2.05, 4.69) is 15.0 Å². The zero-order chi connectivity index (χ0) is 14.8. The maximum Gasteiger partial charge on any atom is 0.172 e. The molecule has 5 nitrogen and oxygen atoms in total. The van der Waals surface area contributed by atoms with E-state index in [1.165, 1.54) is 31.5 Å². The van der Waals surface area contributed by atoms with E-state index in [-0.39, 0.29) is 11.7 Å². The summed E-state index contributed by atoms with van der Waals surface area (Å²) in [6.07, 6.45) is 2.73. The first-order valence-corrected chi connectivity index (χ1v) is 7.42. The van der Waals surface area contributed by atoms with Crippen LogP contribution in [-0.2, 0) is 0 Å². The molecule has 0 unspecified atom stereocenters. The van der Waals surface area contributed by atoms with Crippen LogP contribution >= 0.6 is 0 Å². The van der Waals surface area contributed by atoms with Crippen LogP contribution in [0.5, 0.6) is 0 Å². The maximum absolute atomic E-state index is 13.4. The zero-order valence-corrected chi connectivity index (χ0v) is 12.0. The minimum Gasteiger partial charge on any atom is -0.409 e. The number of anilines is 1. The van der Waals surface area contributed by atoms with Gasteiger partial charge in [-0.25, -0.2) is 4.39 Å². The summed E-state index contributed by atoms with van der Waals surface area (Å²) in [6, 6.07) is 4.44. The van der Waals surface area contributed by atoms with Crippen LogP contribution in [0, 0.1) is 11.7 Å². The Bertz CT molecular complexity index is 536. The smallest absolute Gasteiger partial charge is 0.172 e. The van der Waals surface area contributed by atoms with Crippen LogP contribution < -0.4 is 10.6 Å². The lowest BCUT2D eigenvalue weighted by atomic mass is 10.1. The van der Waals surface area contributed by atoms with Crippen molar-refractivity contribution in [1.82, 2.24) is 4.90 Å². The molecule has 0 aromatic heterocycles. The highest BCUT2D eigenvalue weighted by Crippen LogP contribution is 2.30. The summed E-state index contributed by atoms with van der Waals surface area (Å²) < 4.78 is 13.4. The van der Waals surface area contributed by atoms with E-state index in [0.29, 0.717) is 5.56 Å². The Balaban J connectivity index is 1.72. The third-order valence-corrected chi connectivity index (χ3v) is 4.27. The van der Waals surface area contributed by atoms with Crippen molar-refractivity contribution in [3.05, 3.63) is 29.6 Å². The molecule has 6 heteroatoms. The van der Waals surface area contributed by atoms with Crippen molar-refractivity contribution >= 4 is 11.5 Å². The molecule has 1 aromatic rings. The van der Waals surface area contributed by atoms with E-state index in [4.69, 9.17) is 10.9 Å². The molecule has 1 saturated carbocycles. The first-order chi connectivity index (χ1) is 10.2. The van der Waals surface area contributed by atoms with E-state index in [1.807, 2.05) is 0 Å². The number of hydrogen-bond donors (Lipinski definition) is 2. The number of halogens is 1. The average Bonchev–Trinajstić information content (AvgIpc) is 3.31. The van der Waals surface area contributed by atoms with Crippen LogP contribution in [0.1, 0.15) is 18.4 Å². The molecule has 114 valence electrons.